The van der Waals surface area contributed by atoms with Crippen LogP contribution in [-0.4, -0.2) is 19.0 Å². The number of guanidine groups is 1. The molecular formula is C9H13N3O3. The summed E-state index contributed by atoms with van der Waals surface area (Å²) in [6, 6.07) is 6.33. The number of nitrogens with two attached hydrogens (primary N) is 3. The van der Waals surface area contributed by atoms with Crippen molar-refractivity contribution >= 4 is 11.9 Å². The summed E-state index contributed by atoms with van der Waals surface area (Å²) in [5, 5.41) is 15.0. The monoisotopic (exact) mass is 211 g/mol. The molecule has 0 fully saturated rings. The maximum Gasteiger partial charge on any atom is 0.336 e. The zero-order valence-electron chi connectivity index (χ0n) is 8.27. The molecule has 0 spiro atoms. The number of carboxylic acids is 1. The lowest BCUT2D eigenvalue weighted by atomic mass is 10.2. The number of ether oxygens (including phenoxy) is 1. The first kappa shape index (κ1) is 12.8. The van der Waals surface area contributed by atoms with Gasteiger partial charge in [0.25, 0.3) is 0 Å². The molecule has 1 aromatic carbocycles. The van der Waals surface area contributed by atoms with Crippen molar-refractivity contribution in [2.45, 2.75) is 0 Å². The van der Waals surface area contributed by atoms with Crippen molar-refractivity contribution in [3.8, 4) is 5.75 Å². The molecule has 0 aromatic heterocycles. The molecule has 0 radical (unpaired) electrons. The predicted octanol–water partition coefficient (Wildman–Crippen LogP) is -2.92. The van der Waals surface area contributed by atoms with Crippen LogP contribution in [0.15, 0.2) is 24.3 Å². The van der Waals surface area contributed by atoms with Crippen LogP contribution in [0.1, 0.15) is 10.4 Å². The van der Waals surface area contributed by atoms with Gasteiger partial charge in [0, 0.05) is 5.56 Å². The zero-order chi connectivity index (χ0) is 11.8. The summed E-state index contributed by atoms with van der Waals surface area (Å²) in [5.41, 5.74) is 9.25. The molecule has 0 bridgehead atoms. The summed E-state index contributed by atoms with van der Waals surface area (Å²) in [7, 11) is 1.42. The Morgan fingerprint density at radius 2 is 1.87 bits per heavy atom. The number of carbonyl (C=O) groups is 1. The van der Waals surface area contributed by atoms with Crippen molar-refractivity contribution in [3.05, 3.63) is 29.8 Å². The van der Waals surface area contributed by atoms with E-state index < -0.39 is 5.97 Å². The van der Waals surface area contributed by atoms with Crippen LogP contribution in [0.5, 0.6) is 5.75 Å². The molecule has 6 nitrogen and oxygen atoms in total. The molecule has 0 atom stereocenters. The smallest absolute Gasteiger partial charge is 0.336 e. The van der Waals surface area contributed by atoms with E-state index in [-0.39, 0.29) is 11.5 Å². The molecule has 0 aliphatic carbocycles. The van der Waals surface area contributed by atoms with Crippen molar-refractivity contribution in [1.29, 1.82) is 0 Å². The van der Waals surface area contributed by atoms with Crippen LogP contribution in [0.4, 0.5) is 0 Å². The highest BCUT2D eigenvalue weighted by Crippen LogP contribution is 2.15. The first-order chi connectivity index (χ1) is 6.99. The highest BCUT2D eigenvalue weighted by Gasteiger charge is 1.99. The van der Waals surface area contributed by atoms with Crippen LogP contribution in [0.2, 0.25) is 0 Å². The quantitative estimate of drug-likeness (QED) is 0.356. The molecule has 0 unspecified atom stereocenters. The highest BCUT2D eigenvalue weighted by molar-refractivity contribution is 5.89. The van der Waals surface area contributed by atoms with E-state index in [9.17, 15) is 9.90 Å². The van der Waals surface area contributed by atoms with Gasteiger partial charge in [0.15, 0.2) is 0 Å². The molecule has 0 amide bonds. The summed E-state index contributed by atoms with van der Waals surface area (Å²) in [6.07, 6.45) is 0. The molecule has 0 aliphatic heterocycles. The van der Waals surface area contributed by atoms with Crippen molar-refractivity contribution in [1.82, 2.24) is 0 Å². The van der Waals surface area contributed by atoms with E-state index in [0.717, 1.165) is 0 Å². The number of rotatable bonds is 2. The van der Waals surface area contributed by atoms with Gasteiger partial charge in [-0.1, -0.05) is 12.1 Å². The molecule has 0 aliphatic rings. The molecule has 1 aromatic rings. The average Bonchev–Trinajstić information content (AvgIpc) is 2.16. The van der Waals surface area contributed by atoms with E-state index in [1.807, 2.05) is 0 Å². The van der Waals surface area contributed by atoms with Crippen LogP contribution in [0, 0.1) is 0 Å². The normalized spacial score (nSPS) is 8.33. The second-order valence-corrected chi connectivity index (χ2v) is 2.49. The van der Waals surface area contributed by atoms with E-state index in [4.69, 9.17) is 4.74 Å². The van der Waals surface area contributed by atoms with E-state index in [2.05, 4.69) is 16.9 Å². The van der Waals surface area contributed by atoms with Crippen LogP contribution in [-0.2, 0) is 0 Å². The average molecular weight is 211 g/mol. The zero-order valence-corrected chi connectivity index (χ0v) is 8.27. The van der Waals surface area contributed by atoms with Crippen molar-refractivity contribution in [2.75, 3.05) is 7.11 Å². The van der Waals surface area contributed by atoms with Crippen LogP contribution in [0.3, 0.4) is 0 Å². The van der Waals surface area contributed by atoms with Gasteiger partial charge in [0.1, 0.15) is 5.75 Å². The SMILES string of the molecule is COc1ccccc1C(=O)[O-].NC(N)=[NH2+]. The first-order valence-electron chi connectivity index (χ1n) is 3.96. The molecule has 1 rings (SSSR count). The van der Waals surface area contributed by atoms with Gasteiger partial charge < -0.3 is 14.6 Å². The molecule has 82 valence electrons. The van der Waals surface area contributed by atoms with Gasteiger partial charge in [0.2, 0.25) is 0 Å². The topological polar surface area (TPSA) is 127 Å². The Labute approximate surface area is 87.0 Å². The number of methoxy groups -OCH3 is 1. The number of hydrogen-bond donors (Lipinski definition) is 3. The fourth-order valence-electron chi connectivity index (χ4n) is 0.813. The molecule has 0 saturated carbocycles. The summed E-state index contributed by atoms with van der Waals surface area (Å²) in [4.78, 5) is 10.4. The number of aromatic carboxylic acids is 1. The van der Waals surface area contributed by atoms with Gasteiger partial charge in [0.05, 0.1) is 13.1 Å². The lowest BCUT2D eigenvalue weighted by molar-refractivity contribution is -0.255. The maximum atomic E-state index is 10.4. The Hall–Kier alpha value is -2.24. The lowest BCUT2D eigenvalue weighted by Crippen LogP contribution is -2.51. The largest absolute Gasteiger partial charge is 0.545 e. The van der Waals surface area contributed by atoms with Gasteiger partial charge in [-0.2, -0.15) is 0 Å². The number of benzene rings is 1. The van der Waals surface area contributed by atoms with Gasteiger partial charge in [-0.3, -0.25) is 16.9 Å². The lowest BCUT2D eigenvalue weighted by Gasteiger charge is -2.07. The molecule has 0 saturated heterocycles. The Bertz CT molecular complexity index is 348. The third-order valence-electron chi connectivity index (χ3n) is 1.33. The van der Waals surface area contributed by atoms with Crippen LogP contribution < -0.4 is 26.7 Å². The summed E-state index contributed by atoms with van der Waals surface area (Å²) >= 11 is 0. The number of carbonyl (C=O) groups excluding carboxylic acids is 1. The van der Waals surface area contributed by atoms with Crippen molar-refractivity contribution in [3.63, 3.8) is 0 Å². The van der Waals surface area contributed by atoms with Gasteiger partial charge in [-0.05, 0) is 12.1 Å². The first-order valence-corrected chi connectivity index (χ1v) is 3.96. The minimum absolute atomic E-state index is 0.0787. The predicted molar refractivity (Wildman–Crippen MR) is 52.6 cm³/mol. The van der Waals surface area contributed by atoms with Crippen LogP contribution in [0.25, 0.3) is 0 Å². The fourth-order valence-corrected chi connectivity index (χ4v) is 0.813. The maximum absolute atomic E-state index is 10.4. The second kappa shape index (κ2) is 6.25. The van der Waals surface area contributed by atoms with Crippen LogP contribution >= 0.6 is 0 Å². The third-order valence-corrected chi connectivity index (χ3v) is 1.33. The molecule has 15 heavy (non-hydrogen) atoms. The summed E-state index contributed by atoms with van der Waals surface area (Å²) in [6.45, 7) is 0. The minimum Gasteiger partial charge on any atom is -0.545 e. The molecule has 6 N–H and O–H groups in total. The highest BCUT2D eigenvalue weighted by atomic mass is 16.5. The summed E-state index contributed by atoms with van der Waals surface area (Å²) in [5.74, 6) is -0.977. The Morgan fingerprint density at radius 1 is 1.40 bits per heavy atom. The Balaban J connectivity index is 0.000000423. The second-order valence-electron chi connectivity index (χ2n) is 2.49. The van der Waals surface area contributed by atoms with Crippen molar-refractivity contribution < 1.29 is 20.0 Å². The van der Waals surface area contributed by atoms with E-state index in [0.29, 0.717) is 5.75 Å². The summed E-state index contributed by atoms with van der Waals surface area (Å²) < 4.78 is 4.79. The molecular weight excluding hydrogens is 198 g/mol. The van der Waals surface area contributed by atoms with Gasteiger partial charge >= 0.3 is 5.96 Å². The van der Waals surface area contributed by atoms with E-state index >= 15 is 0 Å². The van der Waals surface area contributed by atoms with E-state index in [1.165, 1.54) is 13.2 Å². The third kappa shape index (κ3) is 5.14. The number of carboxylic acid groups (broad SMARTS) is 1. The number of hydrogen-bond acceptors (Lipinski definition) is 3. The fraction of sp³-hybridized carbons (Fsp3) is 0.111. The van der Waals surface area contributed by atoms with Gasteiger partial charge in [-0.25, -0.2) is 0 Å². The molecule has 6 heteroatoms. The minimum atomic E-state index is -1.22. The van der Waals surface area contributed by atoms with Gasteiger partial charge in [-0.15, -0.1) is 0 Å². The Kier molecular flexibility index (Phi) is 5.32. The molecule has 0 heterocycles. The standard InChI is InChI=1S/C8H8O3.CH5N3/c1-11-7-5-3-2-4-6(7)8(9)10;2-1(3)4/h2-5H,1H3,(H,9,10);(H5,2,3,4). The van der Waals surface area contributed by atoms with Crippen molar-refractivity contribution in [2.24, 2.45) is 11.5 Å². The number of para-hydroxylation sites is 1. The van der Waals surface area contributed by atoms with E-state index in [1.54, 1.807) is 18.2 Å². The Morgan fingerprint density at radius 3 is 2.20 bits per heavy atom.